The van der Waals surface area contributed by atoms with Crippen LogP contribution in [-0.4, -0.2) is 9.97 Å². The van der Waals surface area contributed by atoms with Crippen LogP contribution in [0.25, 0.3) is 21.9 Å². The number of fused-ring (bicyclic) bond motifs is 3. The van der Waals surface area contributed by atoms with Crippen LogP contribution in [0.4, 0.5) is 13.2 Å². The number of H-pyrrole nitrogens is 1. The summed E-state index contributed by atoms with van der Waals surface area (Å²) >= 11 is 5.77. The van der Waals surface area contributed by atoms with Crippen molar-refractivity contribution in [1.82, 2.24) is 9.97 Å². The molecule has 0 radical (unpaired) electrons. The molecule has 1 N–H and O–H groups in total. The third-order valence-corrected chi connectivity index (χ3v) is 3.59. The zero-order valence-electron chi connectivity index (χ0n) is 10.7. The van der Waals surface area contributed by atoms with Crippen LogP contribution in [0.1, 0.15) is 16.8 Å². The monoisotopic (exact) mass is 298 g/mol. The molecule has 2 aromatic heterocycles. The van der Waals surface area contributed by atoms with E-state index in [0.717, 1.165) is 22.7 Å². The van der Waals surface area contributed by atoms with E-state index < -0.39 is 11.7 Å². The first-order chi connectivity index (χ1) is 9.27. The second-order valence-corrected chi connectivity index (χ2v) is 5.21. The summed E-state index contributed by atoms with van der Waals surface area (Å²) in [7, 11) is 0. The van der Waals surface area contributed by atoms with Gasteiger partial charge in [-0.1, -0.05) is 11.6 Å². The van der Waals surface area contributed by atoms with Crippen molar-refractivity contribution in [2.24, 2.45) is 0 Å². The topological polar surface area (TPSA) is 28.7 Å². The Morgan fingerprint density at radius 1 is 1.15 bits per heavy atom. The van der Waals surface area contributed by atoms with E-state index in [1.807, 2.05) is 19.9 Å². The fourth-order valence-electron chi connectivity index (χ4n) is 2.50. The third kappa shape index (κ3) is 1.93. The van der Waals surface area contributed by atoms with Crippen LogP contribution in [0.15, 0.2) is 18.2 Å². The predicted octanol–water partition coefficient (Wildman–Crippen LogP) is 5.01. The molecule has 0 aliphatic carbocycles. The van der Waals surface area contributed by atoms with Crippen molar-refractivity contribution >= 4 is 33.5 Å². The molecule has 0 saturated carbocycles. The Morgan fingerprint density at radius 3 is 2.50 bits per heavy atom. The predicted molar refractivity (Wildman–Crippen MR) is 73.1 cm³/mol. The highest BCUT2D eigenvalue weighted by atomic mass is 35.5. The number of aromatic amines is 1. The number of nitrogens with zero attached hydrogens (tertiary/aromatic N) is 1. The molecule has 0 aliphatic heterocycles. The van der Waals surface area contributed by atoms with E-state index in [0.29, 0.717) is 16.6 Å². The van der Waals surface area contributed by atoms with E-state index in [1.165, 1.54) is 6.07 Å². The van der Waals surface area contributed by atoms with E-state index in [4.69, 9.17) is 11.6 Å². The van der Waals surface area contributed by atoms with Gasteiger partial charge in [-0.2, -0.15) is 13.2 Å². The Balaban J connectivity index is 2.44. The van der Waals surface area contributed by atoms with Crippen molar-refractivity contribution in [3.63, 3.8) is 0 Å². The average Bonchev–Trinajstić information content (AvgIpc) is 2.63. The smallest absolute Gasteiger partial charge is 0.339 e. The molecule has 3 rings (SSSR count). The van der Waals surface area contributed by atoms with E-state index >= 15 is 0 Å². The fraction of sp³-hybridized carbons (Fsp3) is 0.214. The minimum Gasteiger partial charge on any atom is -0.339 e. The van der Waals surface area contributed by atoms with Crippen molar-refractivity contribution in [3.05, 3.63) is 40.0 Å². The van der Waals surface area contributed by atoms with E-state index in [-0.39, 0.29) is 5.02 Å². The van der Waals surface area contributed by atoms with Crippen LogP contribution in [0.3, 0.4) is 0 Å². The van der Waals surface area contributed by atoms with Crippen molar-refractivity contribution in [3.8, 4) is 0 Å². The van der Waals surface area contributed by atoms with Gasteiger partial charge in [0.15, 0.2) is 0 Å². The van der Waals surface area contributed by atoms with Crippen LogP contribution in [0.2, 0.25) is 5.02 Å². The maximum atomic E-state index is 12.9. The lowest BCUT2D eigenvalue weighted by Crippen LogP contribution is -2.05. The zero-order chi connectivity index (χ0) is 14.7. The standard InChI is InChI=1S/C14H10ClF3N2/c1-6-3-7(2)19-13-12(6)8-4-10(15)9(14(16,17)18)5-11(8)20-13/h3-5H,1-2H3,(H,19,20). The normalized spacial score (nSPS) is 12.5. The molecule has 0 bridgehead atoms. The number of alkyl halides is 3. The number of hydrogen-bond donors (Lipinski definition) is 1. The summed E-state index contributed by atoms with van der Waals surface area (Å²) in [6.07, 6.45) is -4.47. The van der Waals surface area contributed by atoms with Crippen LogP contribution in [-0.2, 0) is 6.18 Å². The molecule has 0 atom stereocenters. The van der Waals surface area contributed by atoms with Gasteiger partial charge in [-0.25, -0.2) is 4.98 Å². The molecule has 0 amide bonds. The van der Waals surface area contributed by atoms with E-state index in [1.54, 1.807) is 0 Å². The van der Waals surface area contributed by atoms with Gasteiger partial charge >= 0.3 is 6.18 Å². The van der Waals surface area contributed by atoms with Gasteiger partial charge in [-0.05, 0) is 37.6 Å². The number of rotatable bonds is 0. The minimum atomic E-state index is -4.47. The number of halogens is 4. The van der Waals surface area contributed by atoms with Crippen molar-refractivity contribution in [1.29, 1.82) is 0 Å². The lowest BCUT2D eigenvalue weighted by Gasteiger charge is -2.08. The number of aromatic nitrogens is 2. The summed E-state index contributed by atoms with van der Waals surface area (Å²) in [4.78, 5) is 7.24. The van der Waals surface area contributed by atoms with Gasteiger partial charge in [-0.3, -0.25) is 0 Å². The number of aryl methyl sites for hydroxylation is 2. The number of hydrogen-bond acceptors (Lipinski definition) is 1. The lowest BCUT2D eigenvalue weighted by atomic mass is 10.1. The maximum Gasteiger partial charge on any atom is 0.417 e. The van der Waals surface area contributed by atoms with Crippen LogP contribution < -0.4 is 0 Å². The van der Waals surface area contributed by atoms with Crippen molar-refractivity contribution in [2.75, 3.05) is 0 Å². The van der Waals surface area contributed by atoms with E-state index in [9.17, 15) is 13.2 Å². The Hall–Kier alpha value is -1.75. The molecular formula is C14H10ClF3N2. The van der Waals surface area contributed by atoms with Crippen LogP contribution in [0.5, 0.6) is 0 Å². The number of benzene rings is 1. The van der Waals surface area contributed by atoms with Gasteiger partial charge in [0.25, 0.3) is 0 Å². The molecule has 6 heteroatoms. The Kier molecular flexibility index (Phi) is 2.73. The van der Waals surface area contributed by atoms with E-state index in [2.05, 4.69) is 9.97 Å². The second-order valence-electron chi connectivity index (χ2n) is 4.80. The number of pyridine rings is 1. The molecule has 0 fully saturated rings. The fourth-order valence-corrected chi connectivity index (χ4v) is 2.77. The molecule has 1 aromatic carbocycles. The van der Waals surface area contributed by atoms with Crippen LogP contribution >= 0.6 is 11.6 Å². The zero-order valence-corrected chi connectivity index (χ0v) is 11.4. The maximum absolute atomic E-state index is 12.9. The Morgan fingerprint density at radius 2 is 1.85 bits per heavy atom. The Labute approximate surface area is 117 Å². The highest BCUT2D eigenvalue weighted by Gasteiger charge is 2.33. The molecule has 2 heterocycles. The number of nitrogens with one attached hydrogen (secondary N) is 1. The largest absolute Gasteiger partial charge is 0.417 e. The molecule has 104 valence electrons. The SMILES string of the molecule is Cc1cc(C)c2c(n1)[nH]c1cc(C(F)(F)F)c(Cl)cc12. The van der Waals surface area contributed by atoms with Gasteiger partial charge in [0, 0.05) is 22.0 Å². The van der Waals surface area contributed by atoms with Crippen molar-refractivity contribution in [2.45, 2.75) is 20.0 Å². The highest BCUT2D eigenvalue weighted by Crippen LogP contribution is 2.39. The third-order valence-electron chi connectivity index (χ3n) is 3.28. The second kappa shape index (κ2) is 4.12. The molecule has 0 aliphatic rings. The molecule has 0 unspecified atom stereocenters. The molecule has 0 spiro atoms. The van der Waals surface area contributed by atoms with Crippen molar-refractivity contribution < 1.29 is 13.2 Å². The first kappa shape index (κ1) is 13.2. The van der Waals surface area contributed by atoms with Gasteiger partial charge in [0.1, 0.15) is 5.65 Å². The summed E-state index contributed by atoms with van der Waals surface area (Å²) in [6.45, 7) is 3.74. The van der Waals surface area contributed by atoms with Gasteiger partial charge in [0.2, 0.25) is 0 Å². The summed E-state index contributed by atoms with van der Waals surface area (Å²) in [5.74, 6) is 0. The van der Waals surface area contributed by atoms with Crippen LogP contribution in [0, 0.1) is 13.8 Å². The molecule has 20 heavy (non-hydrogen) atoms. The van der Waals surface area contributed by atoms with Gasteiger partial charge in [-0.15, -0.1) is 0 Å². The molecule has 2 nitrogen and oxygen atoms in total. The quantitative estimate of drug-likeness (QED) is 0.621. The molecule has 0 saturated heterocycles. The average molecular weight is 299 g/mol. The minimum absolute atomic E-state index is 0.300. The summed E-state index contributed by atoms with van der Waals surface area (Å²) in [5.41, 5.74) is 1.89. The van der Waals surface area contributed by atoms with Gasteiger partial charge < -0.3 is 4.98 Å². The summed E-state index contributed by atoms with van der Waals surface area (Å²) in [6, 6.07) is 4.28. The molecular weight excluding hydrogens is 289 g/mol. The highest BCUT2D eigenvalue weighted by molar-refractivity contribution is 6.32. The lowest BCUT2D eigenvalue weighted by molar-refractivity contribution is -0.137. The Bertz CT molecular complexity index is 834. The molecule has 3 aromatic rings. The van der Waals surface area contributed by atoms with Gasteiger partial charge in [0.05, 0.1) is 10.6 Å². The first-order valence-corrected chi connectivity index (χ1v) is 6.31. The summed E-state index contributed by atoms with van der Waals surface area (Å²) in [5, 5.41) is 1.16. The summed E-state index contributed by atoms with van der Waals surface area (Å²) < 4.78 is 38.6. The first-order valence-electron chi connectivity index (χ1n) is 5.94.